The van der Waals surface area contributed by atoms with Crippen LogP contribution < -0.4 is 4.74 Å². The second-order valence-corrected chi connectivity index (χ2v) is 7.80. The first-order chi connectivity index (χ1) is 11.2. The lowest BCUT2D eigenvalue weighted by molar-refractivity contribution is -0.143. The van der Waals surface area contributed by atoms with Crippen molar-refractivity contribution >= 4 is 25.2 Å². The number of halogens is 1. The highest BCUT2D eigenvalue weighted by Gasteiger charge is 2.43. The summed E-state index contributed by atoms with van der Waals surface area (Å²) in [6.45, 7) is 6.88. The third-order valence-electron chi connectivity index (χ3n) is 2.76. The maximum Gasteiger partial charge on any atom is 0.376 e. The van der Waals surface area contributed by atoms with Gasteiger partial charge in [-0.2, -0.15) is 0 Å². The standard InChI is InChI=1S/C16H24ClO6P/c1-11(2)22-24(19,23-12(3)4)16(21-15(18)10-17)13-8-6-7-9-14(13)20-5/h6-9,11-12,16H,10H2,1-5H3/t16-/m1/s1. The van der Waals surface area contributed by atoms with E-state index in [1.54, 1.807) is 52.0 Å². The summed E-state index contributed by atoms with van der Waals surface area (Å²) < 4.78 is 35.2. The summed E-state index contributed by atoms with van der Waals surface area (Å²) in [6.07, 6.45) is -0.803. The lowest BCUT2D eigenvalue weighted by Gasteiger charge is -2.30. The highest BCUT2D eigenvalue weighted by atomic mass is 35.5. The van der Waals surface area contributed by atoms with E-state index in [9.17, 15) is 9.36 Å². The van der Waals surface area contributed by atoms with Crippen LogP contribution in [0, 0.1) is 0 Å². The predicted molar refractivity (Wildman–Crippen MR) is 92.6 cm³/mol. The molecule has 0 aliphatic rings. The van der Waals surface area contributed by atoms with Crippen molar-refractivity contribution in [3.05, 3.63) is 29.8 Å². The Kier molecular flexibility index (Phi) is 8.23. The zero-order chi connectivity index (χ0) is 18.3. The van der Waals surface area contributed by atoms with Crippen LogP contribution in [0.3, 0.4) is 0 Å². The van der Waals surface area contributed by atoms with Gasteiger partial charge in [-0.3, -0.25) is 9.36 Å². The Morgan fingerprint density at radius 3 is 2.12 bits per heavy atom. The van der Waals surface area contributed by atoms with Gasteiger partial charge >= 0.3 is 13.6 Å². The molecule has 0 amide bonds. The maximum absolute atomic E-state index is 13.4. The fourth-order valence-electron chi connectivity index (χ4n) is 2.05. The normalized spacial score (nSPS) is 13.2. The molecule has 6 nitrogen and oxygen atoms in total. The molecule has 1 aromatic rings. The molecule has 1 aromatic carbocycles. The Hall–Kier alpha value is -1.07. The Bertz CT molecular complexity index is 576. The van der Waals surface area contributed by atoms with Gasteiger partial charge in [0.1, 0.15) is 11.6 Å². The lowest BCUT2D eigenvalue weighted by Crippen LogP contribution is -2.19. The molecule has 0 aromatic heterocycles. The summed E-state index contributed by atoms with van der Waals surface area (Å²) in [5.74, 6) is -1.98. The summed E-state index contributed by atoms with van der Waals surface area (Å²) in [6, 6.07) is 6.78. The van der Waals surface area contributed by atoms with Gasteiger partial charge in [0.2, 0.25) is 5.85 Å². The molecule has 1 rings (SSSR count). The van der Waals surface area contributed by atoms with Gasteiger partial charge in [0.25, 0.3) is 0 Å². The number of esters is 1. The largest absolute Gasteiger partial charge is 0.496 e. The highest BCUT2D eigenvalue weighted by Crippen LogP contribution is 2.64. The smallest absolute Gasteiger partial charge is 0.376 e. The number of hydrogen-bond donors (Lipinski definition) is 0. The van der Waals surface area contributed by atoms with Gasteiger partial charge in [0.15, 0.2) is 0 Å². The summed E-state index contributed by atoms with van der Waals surface area (Å²) >= 11 is 5.54. The Morgan fingerprint density at radius 1 is 1.12 bits per heavy atom. The van der Waals surface area contributed by atoms with Crippen molar-refractivity contribution in [2.75, 3.05) is 13.0 Å². The van der Waals surface area contributed by atoms with Crippen molar-refractivity contribution in [1.82, 2.24) is 0 Å². The van der Waals surface area contributed by atoms with E-state index in [0.717, 1.165) is 0 Å². The van der Waals surface area contributed by atoms with Crippen molar-refractivity contribution in [3.8, 4) is 5.75 Å². The molecule has 0 unspecified atom stereocenters. The average Bonchev–Trinajstić information content (AvgIpc) is 2.50. The molecule has 0 saturated carbocycles. The van der Waals surface area contributed by atoms with Crippen LogP contribution in [-0.4, -0.2) is 31.2 Å². The summed E-state index contributed by atoms with van der Waals surface area (Å²) in [7, 11) is -2.38. The second kappa shape index (κ2) is 9.42. The zero-order valence-electron chi connectivity index (χ0n) is 14.5. The third kappa shape index (κ3) is 5.78. The number of rotatable bonds is 9. The van der Waals surface area contributed by atoms with E-state index in [1.165, 1.54) is 7.11 Å². The lowest BCUT2D eigenvalue weighted by atomic mass is 10.2. The van der Waals surface area contributed by atoms with Crippen molar-refractivity contribution in [1.29, 1.82) is 0 Å². The van der Waals surface area contributed by atoms with Gasteiger partial charge in [-0.05, 0) is 33.8 Å². The van der Waals surface area contributed by atoms with Crippen molar-refractivity contribution in [3.63, 3.8) is 0 Å². The number of hydrogen-bond acceptors (Lipinski definition) is 6. The van der Waals surface area contributed by atoms with Crippen LogP contribution >= 0.6 is 19.2 Å². The van der Waals surface area contributed by atoms with E-state index in [-0.39, 0.29) is 5.88 Å². The van der Waals surface area contributed by atoms with E-state index in [2.05, 4.69) is 0 Å². The number of carbonyl (C=O) groups is 1. The minimum Gasteiger partial charge on any atom is -0.496 e. The molecule has 0 bridgehead atoms. The fraction of sp³-hybridized carbons (Fsp3) is 0.562. The zero-order valence-corrected chi connectivity index (χ0v) is 16.2. The van der Waals surface area contributed by atoms with Gasteiger partial charge < -0.3 is 18.5 Å². The quantitative estimate of drug-likeness (QED) is 0.357. The van der Waals surface area contributed by atoms with Gasteiger partial charge in [0, 0.05) is 5.56 Å². The molecule has 0 radical (unpaired) electrons. The number of ether oxygens (including phenoxy) is 2. The molecule has 136 valence electrons. The molecule has 0 N–H and O–H groups in total. The van der Waals surface area contributed by atoms with Gasteiger partial charge in [-0.1, -0.05) is 18.2 Å². The first-order valence-corrected chi connectivity index (χ1v) is 9.73. The Morgan fingerprint density at radius 2 is 1.67 bits per heavy atom. The minimum atomic E-state index is -3.85. The van der Waals surface area contributed by atoms with Crippen LogP contribution in [0.4, 0.5) is 0 Å². The molecule has 0 aliphatic carbocycles. The monoisotopic (exact) mass is 378 g/mol. The minimum absolute atomic E-state index is 0.380. The molecule has 8 heteroatoms. The summed E-state index contributed by atoms with van der Waals surface area (Å²) in [5, 5.41) is 0. The van der Waals surface area contributed by atoms with Crippen LogP contribution in [-0.2, 0) is 23.1 Å². The number of benzene rings is 1. The predicted octanol–water partition coefficient (Wildman–Crippen LogP) is 4.52. The molecular formula is C16H24ClO6P. The van der Waals surface area contributed by atoms with Crippen LogP contribution in [0.2, 0.25) is 0 Å². The summed E-state index contributed by atoms with van der Waals surface area (Å²) in [5.41, 5.74) is 0.392. The van der Waals surface area contributed by atoms with Crippen LogP contribution in [0.25, 0.3) is 0 Å². The number of carbonyl (C=O) groups excluding carboxylic acids is 1. The Balaban J connectivity index is 3.42. The molecule has 1 atom stereocenters. The fourth-order valence-corrected chi connectivity index (χ4v) is 4.36. The van der Waals surface area contributed by atoms with E-state index < -0.39 is 31.6 Å². The SMILES string of the molecule is COc1ccccc1[C@H](OC(=O)CCl)P(=O)(OC(C)C)OC(C)C. The van der Waals surface area contributed by atoms with Crippen LogP contribution in [0.15, 0.2) is 24.3 Å². The van der Waals surface area contributed by atoms with E-state index in [4.69, 9.17) is 30.1 Å². The number of methoxy groups -OCH3 is 1. The Labute approximate surface area is 147 Å². The molecule has 0 fully saturated rings. The highest BCUT2D eigenvalue weighted by molar-refractivity contribution is 7.54. The number of para-hydroxylation sites is 1. The van der Waals surface area contributed by atoms with Crippen LogP contribution in [0.5, 0.6) is 5.75 Å². The van der Waals surface area contributed by atoms with Crippen molar-refractivity contribution in [2.24, 2.45) is 0 Å². The first-order valence-electron chi connectivity index (χ1n) is 7.58. The van der Waals surface area contributed by atoms with Gasteiger partial charge in [0.05, 0.1) is 19.3 Å². The van der Waals surface area contributed by atoms with Gasteiger partial charge in [-0.15, -0.1) is 11.6 Å². The van der Waals surface area contributed by atoms with E-state index in [1.807, 2.05) is 0 Å². The molecule has 0 saturated heterocycles. The van der Waals surface area contributed by atoms with Crippen molar-refractivity contribution < 1.29 is 27.9 Å². The molecular weight excluding hydrogens is 355 g/mol. The molecule has 0 heterocycles. The summed E-state index contributed by atoms with van der Waals surface area (Å²) in [4.78, 5) is 11.8. The van der Waals surface area contributed by atoms with Gasteiger partial charge in [-0.25, -0.2) is 0 Å². The van der Waals surface area contributed by atoms with E-state index >= 15 is 0 Å². The average molecular weight is 379 g/mol. The first kappa shape index (κ1) is 21.0. The van der Waals surface area contributed by atoms with Crippen molar-refractivity contribution in [2.45, 2.75) is 45.7 Å². The molecule has 24 heavy (non-hydrogen) atoms. The molecule has 0 spiro atoms. The van der Waals surface area contributed by atoms with Crippen LogP contribution in [0.1, 0.15) is 39.1 Å². The second-order valence-electron chi connectivity index (χ2n) is 5.57. The topological polar surface area (TPSA) is 71.1 Å². The maximum atomic E-state index is 13.4. The van der Waals surface area contributed by atoms with E-state index in [0.29, 0.717) is 11.3 Å². The third-order valence-corrected chi connectivity index (χ3v) is 5.37. The molecule has 0 aliphatic heterocycles. The number of alkyl halides is 1.